The van der Waals surface area contributed by atoms with Crippen molar-refractivity contribution in [3.05, 3.63) is 35.9 Å². The van der Waals surface area contributed by atoms with E-state index in [0.29, 0.717) is 13.2 Å². The lowest BCUT2D eigenvalue weighted by Crippen LogP contribution is -2.25. The zero-order chi connectivity index (χ0) is 13.1. The highest BCUT2D eigenvalue weighted by atomic mass is 16.7. The first kappa shape index (κ1) is 12.8. The number of hydrogen-bond donors (Lipinski definition) is 0. The van der Waals surface area contributed by atoms with E-state index in [1.165, 1.54) is 0 Å². The Balaban J connectivity index is 1.41. The van der Waals surface area contributed by atoms with E-state index in [1.807, 2.05) is 30.3 Å². The van der Waals surface area contributed by atoms with Crippen LogP contribution in [-0.2, 0) is 9.47 Å². The molecule has 0 radical (unpaired) electrons. The second-order valence-electron chi connectivity index (χ2n) is 5.18. The molecule has 1 aromatic rings. The number of carbonyl (C=O) groups is 1. The Labute approximate surface area is 113 Å². The van der Waals surface area contributed by atoms with Gasteiger partial charge in [0.25, 0.3) is 0 Å². The van der Waals surface area contributed by atoms with E-state index >= 15 is 0 Å². The fourth-order valence-corrected chi connectivity index (χ4v) is 2.77. The molecule has 0 aliphatic carbocycles. The third-order valence-electron chi connectivity index (χ3n) is 3.83. The molecule has 0 aromatic heterocycles. The van der Waals surface area contributed by atoms with E-state index in [9.17, 15) is 4.79 Å². The van der Waals surface area contributed by atoms with Crippen molar-refractivity contribution in [1.82, 2.24) is 4.90 Å². The molecule has 102 valence electrons. The van der Waals surface area contributed by atoms with E-state index < -0.39 is 0 Å². The predicted molar refractivity (Wildman–Crippen MR) is 71.1 cm³/mol. The van der Waals surface area contributed by atoms with Gasteiger partial charge >= 0.3 is 0 Å². The minimum absolute atomic E-state index is 0.229. The molecule has 2 atom stereocenters. The summed E-state index contributed by atoms with van der Waals surface area (Å²) >= 11 is 0. The van der Waals surface area contributed by atoms with Crippen molar-refractivity contribution in [3.63, 3.8) is 0 Å². The Morgan fingerprint density at radius 1 is 1.16 bits per heavy atom. The summed E-state index contributed by atoms with van der Waals surface area (Å²) in [5.74, 6) is 0.229. The van der Waals surface area contributed by atoms with E-state index in [2.05, 4.69) is 4.90 Å². The summed E-state index contributed by atoms with van der Waals surface area (Å²) in [7, 11) is 0. The fraction of sp³-hybridized carbons (Fsp3) is 0.533. The molecule has 0 saturated carbocycles. The van der Waals surface area contributed by atoms with Gasteiger partial charge in [-0.05, 0) is 13.0 Å². The number of benzene rings is 1. The van der Waals surface area contributed by atoms with Crippen LogP contribution in [0, 0.1) is 0 Å². The average molecular weight is 261 g/mol. The number of ether oxygens (including phenoxy) is 2. The summed E-state index contributed by atoms with van der Waals surface area (Å²) in [5.41, 5.74) is 0.812. The van der Waals surface area contributed by atoms with Gasteiger partial charge in [0, 0.05) is 25.1 Å². The number of nitrogens with zero attached hydrogens (tertiary/aromatic N) is 1. The molecule has 2 heterocycles. The van der Waals surface area contributed by atoms with Crippen LogP contribution in [0.5, 0.6) is 0 Å². The van der Waals surface area contributed by atoms with Gasteiger partial charge in [0.05, 0.1) is 0 Å². The van der Waals surface area contributed by atoms with Crippen molar-refractivity contribution in [2.24, 2.45) is 0 Å². The lowest BCUT2D eigenvalue weighted by molar-refractivity contribution is 0.0154. The van der Waals surface area contributed by atoms with Crippen molar-refractivity contribution in [1.29, 1.82) is 0 Å². The van der Waals surface area contributed by atoms with Crippen LogP contribution in [0.15, 0.2) is 30.3 Å². The highest BCUT2D eigenvalue weighted by molar-refractivity contribution is 5.95. The van der Waals surface area contributed by atoms with Crippen molar-refractivity contribution < 1.29 is 14.3 Å². The lowest BCUT2D eigenvalue weighted by atomic mass is 10.1. The fourth-order valence-electron chi connectivity index (χ4n) is 2.77. The normalized spacial score (nSPS) is 26.5. The van der Waals surface area contributed by atoms with Gasteiger partial charge in [0.15, 0.2) is 5.78 Å². The Morgan fingerprint density at radius 2 is 1.84 bits per heavy atom. The molecule has 2 aliphatic rings. The molecular formula is C15H19NO3. The Hall–Kier alpha value is -1.23. The molecule has 19 heavy (non-hydrogen) atoms. The summed E-state index contributed by atoms with van der Waals surface area (Å²) in [6.07, 6.45) is 1.99. The Kier molecular flexibility index (Phi) is 3.92. The molecule has 0 N–H and O–H groups in total. The number of carbonyl (C=O) groups excluding carboxylic acids is 1. The summed E-state index contributed by atoms with van der Waals surface area (Å²) in [6, 6.07) is 9.50. The zero-order valence-electron chi connectivity index (χ0n) is 11.0. The van der Waals surface area contributed by atoms with Crippen LogP contribution in [0.3, 0.4) is 0 Å². The van der Waals surface area contributed by atoms with E-state index in [1.54, 1.807) is 0 Å². The summed E-state index contributed by atoms with van der Waals surface area (Å²) in [4.78, 5) is 14.3. The largest absolute Gasteiger partial charge is 0.348 e. The second-order valence-corrected chi connectivity index (χ2v) is 5.18. The van der Waals surface area contributed by atoms with E-state index in [4.69, 9.17) is 9.47 Å². The van der Waals surface area contributed by atoms with Crippen molar-refractivity contribution in [2.45, 2.75) is 25.0 Å². The standard InChI is InChI=1S/C15H19NO3/c17-13(12-5-2-1-3-6-12)7-4-8-16-9-14-15(10-16)19-11-18-14/h1-3,5-6,14-15H,4,7-11H2. The van der Waals surface area contributed by atoms with Crippen molar-refractivity contribution in [3.8, 4) is 0 Å². The maximum absolute atomic E-state index is 11.9. The van der Waals surface area contributed by atoms with Crippen LogP contribution in [0.25, 0.3) is 0 Å². The monoisotopic (exact) mass is 261 g/mol. The van der Waals surface area contributed by atoms with Gasteiger partial charge in [-0.1, -0.05) is 30.3 Å². The maximum atomic E-state index is 11.9. The SMILES string of the molecule is O=C(CCCN1CC2OCOC2C1)c1ccccc1. The highest BCUT2D eigenvalue weighted by Gasteiger charge is 2.37. The van der Waals surface area contributed by atoms with Gasteiger partial charge < -0.3 is 9.47 Å². The minimum atomic E-state index is 0.229. The van der Waals surface area contributed by atoms with Crippen LogP contribution in [-0.4, -0.2) is 49.3 Å². The zero-order valence-corrected chi connectivity index (χ0v) is 11.0. The molecule has 1 aromatic carbocycles. The molecule has 0 bridgehead atoms. The quantitative estimate of drug-likeness (QED) is 0.756. The van der Waals surface area contributed by atoms with Crippen LogP contribution in [0.1, 0.15) is 23.2 Å². The molecule has 0 amide bonds. The number of fused-ring (bicyclic) bond motifs is 1. The van der Waals surface area contributed by atoms with E-state index in [-0.39, 0.29) is 18.0 Å². The number of hydrogen-bond acceptors (Lipinski definition) is 4. The van der Waals surface area contributed by atoms with Crippen LogP contribution < -0.4 is 0 Å². The van der Waals surface area contributed by atoms with Crippen molar-refractivity contribution >= 4 is 5.78 Å². The third-order valence-corrected chi connectivity index (χ3v) is 3.83. The summed E-state index contributed by atoms with van der Waals surface area (Å²) < 4.78 is 10.9. The molecule has 2 saturated heterocycles. The highest BCUT2D eigenvalue weighted by Crippen LogP contribution is 2.22. The topological polar surface area (TPSA) is 38.8 Å². The smallest absolute Gasteiger partial charge is 0.162 e. The molecular weight excluding hydrogens is 242 g/mol. The summed E-state index contributed by atoms with van der Waals surface area (Å²) in [5, 5.41) is 0. The molecule has 4 heteroatoms. The van der Waals surface area contributed by atoms with Gasteiger partial charge in [-0.15, -0.1) is 0 Å². The molecule has 4 nitrogen and oxygen atoms in total. The van der Waals surface area contributed by atoms with Crippen LogP contribution in [0.4, 0.5) is 0 Å². The van der Waals surface area contributed by atoms with Gasteiger partial charge in [-0.3, -0.25) is 9.69 Å². The van der Waals surface area contributed by atoms with Gasteiger partial charge in [0.2, 0.25) is 0 Å². The molecule has 2 fully saturated rings. The number of rotatable bonds is 5. The number of ketones is 1. The van der Waals surface area contributed by atoms with Gasteiger partial charge in [-0.2, -0.15) is 0 Å². The molecule has 0 spiro atoms. The molecule has 2 unspecified atom stereocenters. The van der Waals surface area contributed by atoms with Gasteiger partial charge in [-0.25, -0.2) is 0 Å². The first-order chi connectivity index (χ1) is 9.33. The molecule has 2 aliphatic heterocycles. The lowest BCUT2D eigenvalue weighted by Gasteiger charge is -2.15. The number of likely N-dealkylation sites (tertiary alicyclic amines) is 1. The Morgan fingerprint density at radius 3 is 2.53 bits per heavy atom. The van der Waals surface area contributed by atoms with Crippen molar-refractivity contribution in [2.75, 3.05) is 26.4 Å². The Bertz CT molecular complexity index is 422. The van der Waals surface area contributed by atoms with Crippen LogP contribution >= 0.6 is 0 Å². The summed E-state index contributed by atoms with van der Waals surface area (Å²) in [6.45, 7) is 3.25. The van der Waals surface area contributed by atoms with Gasteiger partial charge in [0.1, 0.15) is 19.0 Å². The third kappa shape index (κ3) is 3.03. The van der Waals surface area contributed by atoms with Crippen LogP contribution in [0.2, 0.25) is 0 Å². The second kappa shape index (κ2) is 5.82. The first-order valence-corrected chi connectivity index (χ1v) is 6.87. The number of Topliss-reactive ketones (excluding diaryl/α,β-unsaturated/α-hetero) is 1. The molecule has 3 rings (SSSR count). The average Bonchev–Trinajstić information content (AvgIpc) is 3.00. The van der Waals surface area contributed by atoms with E-state index in [0.717, 1.165) is 31.6 Å². The predicted octanol–water partition coefficient (Wildman–Crippen LogP) is 1.71. The minimum Gasteiger partial charge on any atom is -0.348 e. The first-order valence-electron chi connectivity index (χ1n) is 6.87. The maximum Gasteiger partial charge on any atom is 0.162 e.